The van der Waals surface area contributed by atoms with Gasteiger partial charge in [-0.1, -0.05) is 23.2 Å². The quantitative estimate of drug-likeness (QED) is 0.323. The molecule has 0 aliphatic carbocycles. The molecule has 0 saturated carbocycles. The lowest BCUT2D eigenvalue weighted by atomic mass is 10.1. The normalized spacial score (nSPS) is 10.8. The van der Waals surface area contributed by atoms with Gasteiger partial charge in [0.25, 0.3) is 11.5 Å². The van der Waals surface area contributed by atoms with Gasteiger partial charge in [0.05, 0.1) is 23.4 Å². The smallest absolute Gasteiger partial charge is 0.340 e. The molecule has 0 aliphatic rings. The summed E-state index contributed by atoms with van der Waals surface area (Å²) in [6.07, 6.45) is 0. The Morgan fingerprint density at radius 1 is 1.06 bits per heavy atom. The van der Waals surface area contributed by atoms with Crippen molar-refractivity contribution in [2.75, 3.05) is 12.4 Å². The number of hydrogen-bond donors (Lipinski definition) is 4. The highest BCUT2D eigenvalue weighted by atomic mass is 35.5. The molecule has 2 aromatic carbocycles. The van der Waals surface area contributed by atoms with Crippen LogP contribution in [0.3, 0.4) is 0 Å². The number of aromatic amines is 2. The summed E-state index contributed by atoms with van der Waals surface area (Å²) in [4.78, 5) is 51.5. The number of halogens is 2. The topological polar surface area (TPSA) is 166 Å². The van der Waals surface area contributed by atoms with Crippen molar-refractivity contribution in [3.8, 4) is 5.88 Å². The Labute approximate surface area is 188 Å². The molecule has 1 amide bonds. The number of aromatic nitrogens is 2. The monoisotopic (exact) mass is 477 g/mol. The second-order valence-corrected chi connectivity index (χ2v) is 6.95. The van der Waals surface area contributed by atoms with Gasteiger partial charge in [-0.05, 0) is 36.4 Å². The van der Waals surface area contributed by atoms with E-state index in [1.54, 1.807) is 6.07 Å². The Balaban J connectivity index is 2.01. The van der Waals surface area contributed by atoms with E-state index >= 15 is 0 Å². The number of anilines is 1. The highest BCUT2D eigenvalue weighted by Gasteiger charge is 2.17. The molecule has 0 spiro atoms. The number of amides is 1. The van der Waals surface area contributed by atoms with E-state index in [1.165, 1.54) is 30.3 Å². The van der Waals surface area contributed by atoms with Crippen LogP contribution in [0, 0.1) is 0 Å². The number of nitrogens with one attached hydrogen (secondary N) is 3. The molecule has 11 nitrogen and oxygen atoms in total. The second-order valence-electron chi connectivity index (χ2n) is 6.11. The van der Waals surface area contributed by atoms with Crippen LogP contribution in [0.25, 0.3) is 0 Å². The van der Waals surface area contributed by atoms with Gasteiger partial charge in [0.2, 0.25) is 11.6 Å². The summed E-state index contributed by atoms with van der Waals surface area (Å²) in [5, 5.41) is 20.3. The van der Waals surface area contributed by atoms with Crippen molar-refractivity contribution in [3.05, 3.63) is 78.4 Å². The lowest BCUT2D eigenvalue weighted by Gasteiger charge is -2.09. The molecule has 1 aromatic heterocycles. The van der Waals surface area contributed by atoms with Crippen LogP contribution in [0.5, 0.6) is 5.88 Å². The molecule has 0 fully saturated rings. The molecule has 3 rings (SSSR count). The largest absolute Gasteiger partial charge is 0.493 e. The minimum atomic E-state index is -1.01. The number of aromatic hydroxyl groups is 1. The number of nitrogens with zero attached hydrogens (tertiary/aromatic N) is 2. The van der Waals surface area contributed by atoms with Crippen molar-refractivity contribution in [3.63, 3.8) is 0 Å². The number of azo groups is 1. The Morgan fingerprint density at radius 2 is 1.81 bits per heavy atom. The van der Waals surface area contributed by atoms with Gasteiger partial charge >= 0.3 is 11.7 Å². The zero-order chi connectivity index (χ0) is 23.4. The summed E-state index contributed by atoms with van der Waals surface area (Å²) in [6, 6.07) is 8.33. The molecule has 0 saturated heterocycles. The minimum Gasteiger partial charge on any atom is -0.493 e. The maximum Gasteiger partial charge on any atom is 0.340 e. The van der Waals surface area contributed by atoms with E-state index in [1.807, 2.05) is 9.97 Å². The fraction of sp³-hybridized carbons (Fsp3) is 0.0526. The summed E-state index contributed by atoms with van der Waals surface area (Å²) in [7, 11) is 1.14. The summed E-state index contributed by atoms with van der Waals surface area (Å²) in [5.74, 6) is -2.22. The van der Waals surface area contributed by atoms with Gasteiger partial charge in [-0.3, -0.25) is 19.6 Å². The average molecular weight is 478 g/mol. The van der Waals surface area contributed by atoms with E-state index in [9.17, 15) is 24.3 Å². The van der Waals surface area contributed by atoms with Crippen LogP contribution in [0.1, 0.15) is 20.7 Å². The Morgan fingerprint density at radius 3 is 2.50 bits per heavy atom. The number of H-pyrrole nitrogens is 2. The predicted octanol–water partition coefficient (Wildman–Crippen LogP) is 3.53. The molecule has 0 bridgehead atoms. The van der Waals surface area contributed by atoms with Crippen LogP contribution in [0.15, 0.2) is 56.2 Å². The van der Waals surface area contributed by atoms with Crippen molar-refractivity contribution in [1.82, 2.24) is 9.97 Å². The zero-order valence-electron chi connectivity index (χ0n) is 16.1. The van der Waals surface area contributed by atoms with Gasteiger partial charge in [-0.15, -0.1) is 10.2 Å². The van der Waals surface area contributed by atoms with E-state index in [0.717, 1.165) is 7.11 Å². The standard InChI is InChI=1S/C19H13Cl2N5O6/c1-32-18(30)10-4-2-8(15(27)22-13-7-9(20)3-5-11(13)21)6-12(10)25-26-14-16(28)23-19(31)24-17(14)29/h2-7H,1H3,(H,22,27)(H3,23,24,28,29,31). The van der Waals surface area contributed by atoms with E-state index in [0.29, 0.717) is 5.02 Å². The first kappa shape index (κ1) is 22.7. The molecule has 3 aromatic rings. The third-order valence-electron chi connectivity index (χ3n) is 4.00. The Kier molecular flexibility index (Phi) is 6.71. The van der Waals surface area contributed by atoms with Gasteiger partial charge in [-0.25, -0.2) is 9.59 Å². The van der Waals surface area contributed by atoms with E-state index in [4.69, 9.17) is 23.2 Å². The molecule has 4 N–H and O–H groups in total. The predicted molar refractivity (Wildman–Crippen MR) is 116 cm³/mol. The Hall–Kier alpha value is -3.96. The number of carbonyl (C=O) groups excluding carboxylic acids is 2. The van der Waals surface area contributed by atoms with E-state index in [-0.39, 0.29) is 27.5 Å². The van der Waals surface area contributed by atoms with Crippen molar-refractivity contribution < 1.29 is 19.4 Å². The third-order valence-corrected chi connectivity index (χ3v) is 4.56. The molecular weight excluding hydrogens is 465 g/mol. The lowest BCUT2D eigenvalue weighted by molar-refractivity contribution is 0.0601. The number of rotatable bonds is 5. The van der Waals surface area contributed by atoms with Gasteiger partial charge in [-0.2, -0.15) is 0 Å². The SMILES string of the molecule is COC(=O)c1ccc(C(=O)Nc2cc(Cl)ccc2Cl)cc1N=Nc1c(O)[nH]c(=O)[nH]c1=O. The van der Waals surface area contributed by atoms with Gasteiger partial charge < -0.3 is 15.2 Å². The third kappa shape index (κ3) is 5.02. The summed E-state index contributed by atoms with van der Waals surface area (Å²) in [5.41, 5.74) is -2.47. The summed E-state index contributed by atoms with van der Waals surface area (Å²) in [6.45, 7) is 0. The first-order chi connectivity index (χ1) is 15.2. The van der Waals surface area contributed by atoms with Crippen LogP contribution >= 0.6 is 23.2 Å². The highest BCUT2D eigenvalue weighted by molar-refractivity contribution is 6.35. The molecule has 164 valence electrons. The highest BCUT2D eigenvalue weighted by Crippen LogP contribution is 2.28. The number of carbonyl (C=O) groups is 2. The number of hydrogen-bond acceptors (Lipinski definition) is 8. The molecule has 32 heavy (non-hydrogen) atoms. The Bertz CT molecular complexity index is 1370. The maximum atomic E-state index is 12.7. The van der Waals surface area contributed by atoms with Crippen molar-refractivity contribution in [2.45, 2.75) is 0 Å². The van der Waals surface area contributed by atoms with Crippen LogP contribution in [0.4, 0.5) is 17.1 Å². The first-order valence-electron chi connectivity index (χ1n) is 8.65. The summed E-state index contributed by atoms with van der Waals surface area (Å²) >= 11 is 12.0. The van der Waals surface area contributed by atoms with Gasteiger partial charge in [0.1, 0.15) is 5.69 Å². The van der Waals surface area contributed by atoms with E-state index < -0.39 is 34.7 Å². The van der Waals surface area contributed by atoms with Gasteiger partial charge in [0.15, 0.2) is 0 Å². The molecule has 0 atom stereocenters. The first-order valence-corrected chi connectivity index (χ1v) is 9.41. The van der Waals surface area contributed by atoms with Crippen LogP contribution in [-0.4, -0.2) is 34.1 Å². The molecule has 0 aliphatic heterocycles. The molecule has 1 heterocycles. The fourth-order valence-electron chi connectivity index (χ4n) is 2.49. The van der Waals surface area contributed by atoms with Gasteiger partial charge in [0, 0.05) is 10.6 Å². The molecule has 0 radical (unpaired) electrons. The summed E-state index contributed by atoms with van der Waals surface area (Å²) < 4.78 is 4.68. The number of methoxy groups -OCH3 is 1. The average Bonchev–Trinajstić information content (AvgIpc) is 2.74. The number of benzene rings is 2. The van der Waals surface area contributed by atoms with Crippen molar-refractivity contribution >= 4 is 52.1 Å². The van der Waals surface area contributed by atoms with Crippen molar-refractivity contribution in [2.24, 2.45) is 10.2 Å². The van der Waals surface area contributed by atoms with E-state index in [2.05, 4.69) is 20.3 Å². The van der Waals surface area contributed by atoms with Crippen LogP contribution in [-0.2, 0) is 4.74 Å². The fourth-order valence-corrected chi connectivity index (χ4v) is 2.83. The van der Waals surface area contributed by atoms with Crippen molar-refractivity contribution in [1.29, 1.82) is 0 Å². The maximum absolute atomic E-state index is 12.7. The zero-order valence-corrected chi connectivity index (χ0v) is 17.6. The number of esters is 1. The number of ether oxygens (including phenoxy) is 1. The second kappa shape index (κ2) is 9.45. The van der Waals surface area contributed by atoms with Crippen LogP contribution in [0.2, 0.25) is 10.0 Å². The minimum absolute atomic E-state index is 0.0576. The van der Waals surface area contributed by atoms with Crippen LogP contribution < -0.4 is 16.6 Å². The molecule has 0 unspecified atom stereocenters. The lowest BCUT2D eigenvalue weighted by Crippen LogP contribution is -2.20. The molecule has 13 heteroatoms. The molecular formula is C19H13Cl2N5O6.